The fraction of sp³-hybridized carbons (Fsp3) is 0.263. The molecule has 1 aromatic carbocycles. The third-order valence-corrected chi connectivity index (χ3v) is 4.70. The van der Waals surface area contributed by atoms with Gasteiger partial charge in [0.1, 0.15) is 11.8 Å². The summed E-state index contributed by atoms with van der Waals surface area (Å²) in [7, 11) is 2.09. The van der Waals surface area contributed by atoms with E-state index >= 15 is 0 Å². The number of anilines is 2. The van der Waals surface area contributed by atoms with Gasteiger partial charge >= 0.3 is 0 Å². The van der Waals surface area contributed by atoms with Crippen LogP contribution in [0.2, 0.25) is 0 Å². The van der Waals surface area contributed by atoms with Crippen LogP contribution in [-0.4, -0.2) is 58.6 Å². The lowest BCUT2D eigenvalue weighted by molar-refractivity contribution is 0.102. The minimum absolute atomic E-state index is 0.319. The van der Waals surface area contributed by atoms with Gasteiger partial charge in [0, 0.05) is 26.2 Å². The lowest BCUT2D eigenvalue weighted by Crippen LogP contribution is -2.45. The smallest absolute Gasteiger partial charge is 0.274 e. The molecule has 2 aromatic heterocycles. The molecule has 1 amide bonds. The number of piperazine rings is 1. The molecule has 3 heterocycles. The van der Waals surface area contributed by atoms with Crippen LogP contribution in [0.3, 0.4) is 0 Å². The first-order valence-corrected chi connectivity index (χ1v) is 8.74. The number of likely N-dealkylation sites (N-methyl/N-ethyl adjacent to an activating group) is 1. The Hall–Kier alpha value is -3.44. The van der Waals surface area contributed by atoms with E-state index in [9.17, 15) is 10.1 Å². The van der Waals surface area contributed by atoms with Crippen molar-refractivity contribution >= 4 is 23.1 Å². The molecule has 1 aliphatic rings. The van der Waals surface area contributed by atoms with E-state index in [1.165, 1.54) is 0 Å². The van der Waals surface area contributed by atoms with Gasteiger partial charge < -0.3 is 15.1 Å². The summed E-state index contributed by atoms with van der Waals surface area (Å²) in [5.74, 6) is 0.291. The Kier molecular flexibility index (Phi) is 4.44. The molecule has 136 valence electrons. The predicted molar refractivity (Wildman–Crippen MR) is 102 cm³/mol. The van der Waals surface area contributed by atoms with Gasteiger partial charge in [-0.2, -0.15) is 5.26 Å². The molecule has 27 heavy (non-hydrogen) atoms. The fourth-order valence-electron chi connectivity index (χ4n) is 3.09. The van der Waals surface area contributed by atoms with E-state index in [1.54, 1.807) is 47.1 Å². The van der Waals surface area contributed by atoms with Crippen LogP contribution in [0.15, 0.2) is 42.6 Å². The SMILES string of the molecule is CN1CCN(c2ncc3ccc(C(=O)Nc4ccccc4C#N)n3n2)CC1. The topological polar surface area (TPSA) is 89.6 Å². The Morgan fingerprint density at radius 1 is 1.15 bits per heavy atom. The first-order chi connectivity index (χ1) is 13.2. The lowest BCUT2D eigenvalue weighted by Gasteiger charge is -2.32. The highest BCUT2D eigenvalue weighted by atomic mass is 16.2. The van der Waals surface area contributed by atoms with E-state index < -0.39 is 0 Å². The fourth-order valence-corrected chi connectivity index (χ4v) is 3.09. The number of rotatable bonds is 3. The Morgan fingerprint density at radius 2 is 1.93 bits per heavy atom. The van der Waals surface area contributed by atoms with Gasteiger partial charge in [-0.15, -0.1) is 5.10 Å². The molecule has 0 aliphatic carbocycles. The number of nitrogens with zero attached hydrogens (tertiary/aromatic N) is 6. The third kappa shape index (κ3) is 3.32. The van der Waals surface area contributed by atoms with Gasteiger partial charge in [0.15, 0.2) is 0 Å². The summed E-state index contributed by atoms with van der Waals surface area (Å²) in [6.07, 6.45) is 1.72. The molecule has 3 aromatic rings. The monoisotopic (exact) mass is 361 g/mol. The van der Waals surface area contributed by atoms with Crippen molar-refractivity contribution in [2.75, 3.05) is 43.4 Å². The Morgan fingerprint density at radius 3 is 2.70 bits per heavy atom. The van der Waals surface area contributed by atoms with Gasteiger partial charge in [0.25, 0.3) is 5.91 Å². The summed E-state index contributed by atoms with van der Waals surface area (Å²) in [6, 6.07) is 12.5. The van der Waals surface area contributed by atoms with E-state index in [0.717, 1.165) is 31.7 Å². The van der Waals surface area contributed by atoms with Gasteiger partial charge in [-0.05, 0) is 31.3 Å². The summed E-state index contributed by atoms with van der Waals surface area (Å²) in [5.41, 5.74) is 2.04. The number of amides is 1. The van der Waals surface area contributed by atoms with Crippen LogP contribution >= 0.6 is 0 Å². The highest BCUT2D eigenvalue weighted by molar-refractivity contribution is 6.04. The average molecular weight is 361 g/mol. The number of carbonyl (C=O) groups is 1. The van der Waals surface area contributed by atoms with E-state index in [2.05, 4.69) is 38.3 Å². The number of aromatic nitrogens is 3. The number of hydrogen-bond donors (Lipinski definition) is 1. The zero-order valence-electron chi connectivity index (χ0n) is 15.0. The van der Waals surface area contributed by atoms with Crippen molar-refractivity contribution in [3.8, 4) is 6.07 Å². The van der Waals surface area contributed by atoms with Gasteiger partial charge in [0.05, 0.1) is 23.0 Å². The quantitative estimate of drug-likeness (QED) is 0.762. The minimum Gasteiger partial charge on any atom is -0.337 e. The van der Waals surface area contributed by atoms with Crippen molar-refractivity contribution in [1.82, 2.24) is 19.5 Å². The number of fused-ring (bicyclic) bond motifs is 1. The Balaban J connectivity index is 1.63. The molecule has 1 aliphatic heterocycles. The van der Waals surface area contributed by atoms with Crippen molar-refractivity contribution in [3.63, 3.8) is 0 Å². The van der Waals surface area contributed by atoms with Gasteiger partial charge in [-0.1, -0.05) is 12.1 Å². The number of nitrogens with one attached hydrogen (secondary N) is 1. The summed E-state index contributed by atoms with van der Waals surface area (Å²) in [5, 5.41) is 16.6. The van der Waals surface area contributed by atoms with Gasteiger partial charge in [-0.25, -0.2) is 9.50 Å². The molecule has 0 unspecified atom stereocenters. The molecule has 8 heteroatoms. The molecule has 0 bridgehead atoms. The molecule has 0 spiro atoms. The highest BCUT2D eigenvalue weighted by Gasteiger charge is 2.19. The van der Waals surface area contributed by atoms with Gasteiger partial charge in [-0.3, -0.25) is 4.79 Å². The Bertz CT molecular complexity index is 1030. The maximum atomic E-state index is 12.8. The van der Waals surface area contributed by atoms with Crippen LogP contribution in [0.5, 0.6) is 0 Å². The number of hydrogen-bond acceptors (Lipinski definition) is 6. The summed E-state index contributed by atoms with van der Waals surface area (Å²) >= 11 is 0. The van der Waals surface area contributed by atoms with Crippen LogP contribution in [0.1, 0.15) is 16.1 Å². The molecular formula is C19H19N7O. The molecule has 1 N–H and O–H groups in total. The molecule has 1 saturated heterocycles. The van der Waals surface area contributed by atoms with Crippen molar-refractivity contribution in [2.45, 2.75) is 0 Å². The second-order valence-corrected chi connectivity index (χ2v) is 6.52. The third-order valence-electron chi connectivity index (χ3n) is 4.70. The van der Waals surface area contributed by atoms with Gasteiger partial charge in [0.2, 0.25) is 5.95 Å². The first kappa shape index (κ1) is 17.0. The summed E-state index contributed by atoms with van der Waals surface area (Å²) in [4.78, 5) is 21.6. The van der Waals surface area contributed by atoms with E-state index in [-0.39, 0.29) is 5.91 Å². The second-order valence-electron chi connectivity index (χ2n) is 6.52. The van der Waals surface area contributed by atoms with Crippen LogP contribution in [-0.2, 0) is 0 Å². The maximum Gasteiger partial charge on any atom is 0.274 e. The molecule has 1 fully saturated rings. The normalized spacial score (nSPS) is 14.9. The molecule has 4 rings (SSSR count). The maximum absolute atomic E-state index is 12.8. The molecule has 0 atom stereocenters. The first-order valence-electron chi connectivity index (χ1n) is 8.74. The zero-order chi connectivity index (χ0) is 18.8. The molecular weight excluding hydrogens is 342 g/mol. The number of nitriles is 1. The number of carbonyl (C=O) groups excluding carboxylic acids is 1. The van der Waals surface area contributed by atoms with Crippen molar-refractivity contribution in [1.29, 1.82) is 5.26 Å². The standard InChI is InChI=1S/C19H19N7O/c1-24-8-10-25(11-9-24)19-21-13-15-6-7-17(26(15)23-19)18(27)22-16-5-3-2-4-14(16)12-20/h2-7,13H,8-11H2,1H3,(H,22,27). The van der Waals surface area contributed by atoms with Crippen LogP contribution in [0, 0.1) is 11.3 Å². The number of benzene rings is 1. The second kappa shape index (κ2) is 7.05. The van der Waals surface area contributed by atoms with E-state index in [1.807, 2.05) is 0 Å². The summed E-state index contributed by atoms with van der Waals surface area (Å²) in [6.45, 7) is 3.59. The molecule has 8 nitrogen and oxygen atoms in total. The van der Waals surface area contributed by atoms with Crippen molar-refractivity contribution in [3.05, 3.63) is 53.9 Å². The van der Waals surface area contributed by atoms with Crippen LogP contribution < -0.4 is 10.2 Å². The summed E-state index contributed by atoms with van der Waals surface area (Å²) < 4.78 is 1.60. The van der Waals surface area contributed by atoms with Crippen molar-refractivity contribution < 1.29 is 4.79 Å². The largest absolute Gasteiger partial charge is 0.337 e. The van der Waals surface area contributed by atoms with Crippen LogP contribution in [0.25, 0.3) is 5.52 Å². The predicted octanol–water partition coefficient (Wildman–Crippen LogP) is 1.61. The highest BCUT2D eigenvalue weighted by Crippen LogP contribution is 2.17. The number of para-hydroxylation sites is 1. The van der Waals surface area contributed by atoms with Crippen LogP contribution in [0.4, 0.5) is 11.6 Å². The zero-order valence-corrected chi connectivity index (χ0v) is 15.0. The minimum atomic E-state index is -0.319. The van der Waals surface area contributed by atoms with E-state index in [0.29, 0.717) is 22.9 Å². The Labute approximate surface area is 156 Å². The van der Waals surface area contributed by atoms with E-state index in [4.69, 9.17) is 0 Å². The molecule has 0 saturated carbocycles. The lowest BCUT2D eigenvalue weighted by atomic mass is 10.2. The average Bonchev–Trinajstić information content (AvgIpc) is 3.12. The molecule has 0 radical (unpaired) electrons. The van der Waals surface area contributed by atoms with Crippen molar-refractivity contribution in [2.24, 2.45) is 0 Å².